The lowest BCUT2D eigenvalue weighted by molar-refractivity contribution is -0.132. The number of aliphatic imine (C=N–C) groups is 1. The van der Waals surface area contributed by atoms with Crippen LogP contribution >= 0.6 is 24.0 Å². The highest BCUT2D eigenvalue weighted by Crippen LogP contribution is 2.32. The first-order valence-electron chi connectivity index (χ1n) is 9.81. The number of carbonyl (C=O) groups is 1. The maximum atomic E-state index is 12.4. The minimum atomic E-state index is 0. The highest BCUT2D eigenvalue weighted by atomic mass is 127. The van der Waals surface area contributed by atoms with Gasteiger partial charge in [0.05, 0.1) is 13.2 Å². The predicted octanol–water partition coefficient (Wildman–Crippen LogP) is 3.10. The molecule has 8 heteroatoms. The van der Waals surface area contributed by atoms with Crippen LogP contribution in [0.15, 0.2) is 23.2 Å². The van der Waals surface area contributed by atoms with Gasteiger partial charge < -0.3 is 25.0 Å². The van der Waals surface area contributed by atoms with E-state index < -0.39 is 0 Å². The van der Waals surface area contributed by atoms with Gasteiger partial charge in [0.2, 0.25) is 5.91 Å². The number of hydrogen-bond donors (Lipinski definition) is 2. The largest absolute Gasteiger partial charge is 0.490 e. The summed E-state index contributed by atoms with van der Waals surface area (Å²) in [6.45, 7) is 5.84. The van der Waals surface area contributed by atoms with Crippen LogP contribution in [0.1, 0.15) is 32.6 Å². The molecule has 1 aromatic carbocycles. The van der Waals surface area contributed by atoms with Gasteiger partial charge in [-0.15, -0.1) is 24.0 Å². The number of nitrogens with zero attached hydrogens (tertiary/aromatic N) is 2. The Balaban J connectivity index is 0.00000280. The van der Waals surface area contributed by atoms with Crippen molar-refractivity contribution in [3.05, 3.63) is 18.2 Å². The van der Waals surface area contributed by atoms with Crippen molar-refractivity contribution < 1.29 is 14.3 Å². The molecule has 0 spiro atoms. The zero-order chi connectivity index (χ0) is 19.1. The van der Waals surface area contributed by atoms with Gasteiger partial charge in [-0.25, -0.2) is 0 Å². The molecule has 1 atom stereocenters. The van der Waals surface area contributed by atoms with E-state index in [0.29, 0.717) is 38.1 Å². The number of nitrogens with one attached hydrogen (secondary N) is 2. The number of amides is 1. The number of carbonyl (C=O) groups excluding carboxylic acids is 1. The van der Waals surface area contributed by atoms with Crippen LogP contribution in [0.5, 0.6) is 11.5 Å². The lowest BCUT2D eigenvalue weighted by Crippen LogP contribution is -2.41. The van der Waals surface area contributed by atoms with E-state index in [1.165, 1.54) is 6.42 Å². The predicted molar refractivity (Wildman–Crippen MR) is 122 cm³/mol. The molecule has 2 aliphatic heterocycles. The molecule has 1 saturated heterocycles. The first kappa shape index (κ1) is 22.6. The van der Waals surface area contributed by atoms with Crippen molar-refractivity contribution in [1.82, 2.24) is 10.2 Å². The SMILES string of the molecule is CN=C(NCCC(=O)N1CCCC(C)C1)Nc1ccc2c(c1)OCCCO2.I. The first-order valence-corrected chi connectivity index (χ1v) is 9.81. The van der Waals surface area contributed by atoms with Gasteiger partial charge in [-0.1, -0.05) is 6.92 Å². The van der Waals surface area contributed by atoms with Gasteiger partial charge >= 0.3 is 0 Å². The normalized spacial score (nSPS) is 19.3. The van der Waals surface area contributed by atoms with Crippen molar-refractivity contribution in [1.29, 1.82) is 0 Å². The van der Waals surface area contributed by atoms with E-state index in [4.69, 9.17) is 9.47 Å². The summed E-state index contributed by atoms with van der Waals surface area (Å²) >= 11 is 0. The van der Waals surface area contributed by atoms with Crippen molar-refractivity contribution in [2.75, 3.05) is 45.2 Å². The summed E-state index contributed by atoms with van der Waals surface area (Å²) in [6, 6.07) is 5.74. The molecule has 3 rings (SSSR count). The van der Waals surface area contributed by atoms with Gasteiger partial charge in [-0.3, -0.25) is 9.79 Å². The average molecular weight is 502 g/mol. The third kappa shape index (κ3) is 6.42. The van der Waals surface area contributed by atoms with Gasteiger partial charge in [0, 0.05) is 51.3 Å². The second-order valence-corrected chi connectivity index (χ2v) is 7.17. The summed E-state index contributed by atoms with van der Waals surface area (Å²) < 4.78 is 11.4. The summed E-state index contributed by atoms with van der Waals surface area (Å²) in [6.07, 6.45) is 3.67. The van der Waals surface area contributed by atoms with Crippen molar-refractivity contribution in [3.63, 3.8) is 0 Å². The quantitative estimate of drug-likeness (QED) is 0.376. The highest BCUT2D eigenvalue weighted by Gasteiger charge is 2.20. The van der Waals surface area contributed by atoms with E-state index >= 15 is 0 Å². The number of hydrogen-bond acceptors (Lipinski definition) is 4. The summed E-state index contributed by atoms with van der Waals surface area (Å²) in [4.78, 5) is 18.6. The monoisotopic (exact) mass is 502 g/mol. The maximum absolute atomic E-state index is 12.4. The second-order valence-electron chi connectivity index (χ2n) is 7.17. The van der Waals surface area contributed by atoms with Crippen molar-refractivity contribution >= 4 is 41.5 Å². The lowest BCUT2D eigenvalue weighted by atomic mass is 10.00. The molecule has 1 amide bonds. The maximum Gasteiger partial charge on any atom is 0.224 e. The summed E-state index contributed by atoms with van der Waals surface area (Å²) in [5.41, 5.74) is 0.864. The third-order valence-electron chi connectivity index (χ3n) is 4.87. The number of rotatable bonds is 4. The number of anilines is 1. The van der Waals surface area contributed by atoms with E-state index in [1.54, 1.807) is 7.05 Å². The first-order chi connectivity index (χ1) is 13.2. The van der Waals surface area contributed by atoms with Crippen molar-refractivity contribution in [2.45, 2.75) is 32.6 Å². The Morgan fingerprint density at radius 2 is 2.04 bits per heavy atom. The molecule has 28 heavy (non-hydrogen) atoms. The minimum absolute atomic E-state index is 0. The lowest BCUT2D eigenvalue weighted by Gasteiger charge is -2.31. The van der Waals surface area contributed by atoms with Gasteiger partial charge in [0.1, 0.15) is 0 Å². The zero-order valence-corrected chi connectivity index (χ0v) is 19.0. The average Bonchev–Trinajstić information content (AvgIpc) is 2.92. The van der Waals surface area contributed by atoms with Crippen LogP contribution in [0.25, 0.3) is 0 Å². The third-order valence-corrected chi connectivity index (χ3v) is 4.87. The summed E-state index contributed by atoms with van der Waals surface area (Å²) in [5.74, 6) is 2.94. The van der Waals surface area contributed by atoms with E-state index in [9.17, 15) is 4.79 Å². The Morgan fingerprint density at radius 3 is 2.79 bits per heavy atom. The molecule has 0 saturated carbocycles. The topological polar surface area (TPSA) is 75.2 Å². The molecule has 0 radical (unpaired) electrons. The number of fused-ring (bicyclic) bond motifs is 1. The highest BCUT2D eigenvalue weighted by molar-refractivity contribution is 14.0. The fraction of sp³-hybridized carbons (Fsp3) is 0.600. The second kappa shape index (κ2) is 11.3. The van der Waals surface area contributed by atoms with Gasteiger partial charge in [-0.2, -0.15) is 0 Å². The van der Waals surface area contributed by atoms with Crippen LogP contribution in [-0.2, 0) is 4.79 Å². The minimum Gasteiger partial charge on any atom is -0.490 e. The molecule has 0 aromatic heterocycles. The molecule has 156 valence electrons. The van der Waals surface area contributed by atoms with Gasteiger partial charge in [0.15, 0.2) is 17.5 Å². The van der Waals surface area contributed by atoms with Gasteiger partial charge in [-0.05, 0) is 30.9 Å². The number of piperidine rings is 1. The molecule has 1 fully saturated rings. The Kier molecular flexibility index (Phi) is 9.14. The van der Waals surface area contributed by atoms with Crippen LogP contribution in [0.2, 0.25) is 0 Å². The summed E-state index contributed by atoms with van der Waals surface area (Å²) in [7, 11) is 1.71. The molecule has 2 aliphatic rings. The Bertz CT molecular complexity index is 683. The number of halogens is 1. The smallest absolute Gasteiger partial charge is 0.224 e. The van der Waals surface area contributed by atoms with Crippen LogP contribution in [0.4, 0.5) is 5.69 Å². The van der Waals surface area contributed by atoms with E-state index in [2.05, 4.69) is 22.5 Å². The molecule has 2 N–H and O–H groups in total. The van der Waals surface area contributed by atoms with E-state index in [0.717, 1.165) is 43.1 Å². The number of benzene rings is 1. The molecule has 1 aromatic rings. The van der Waals surface area contributed by atoms with Crippen LogP contribution < -0.4 is 20.1 Å². The fourth-order valence-electron chi connectivity index (χ4n) is 3.42. The number of likely N-dealkylation sites (tertiary alicyclic amines) is 1. The molecule has 7 nitrogen and oxygen atoms in total. The van der Waals surface area contributed by atoms with Crippen molar-refractivity contribution in [3.8, 4) is 11.5 Å². The van der Waals surface area contributed by atoms with Crippen LogP contribution in [-0.4, -0.2) is 56.7 Å². The van der Waals surface area contributed by atoms with Crippen molar-refractivity contribution in [2.24, 2.45) is 10.9 Å². The van der Waals surface area contributed by atoms with Crippen LogP contribution in [0, 0.1) is 5.92 Å². The summed E-state index contributed by atoms with van der Waals surface area (Å²) in [5, 5.41) is 6.45. The molecule has 0 aliphatic carbocycles. The number of guanidine groups is 1. The molecule has 0 bridgehead atoms. The molecular formula is C20H31IN4O3. The molecule has 2 heterocycles. The van der Waals surface area contributed by atoms with Gasteiger partial charge in [0.25, 0.3) is 0 Å². The standard InChI is InChI=1S/C20H30N4O3.HI/c1-15-5-3-10-24(14-15)19(25)8-9-22-20(21-2)23-16-6-7-17-18(13-16)27-12-4-11-26-17;/h6-7,13,15H,3-5,8-12,14H2,1-2H3,(H2,21,22,23);1H. The van der Waals surface area contributed by atoms with E-state index in [-0.39, 0.29) is 29.9 Å². The number of ether oxygens (including phenoxy) is 2. The van der Waals surface area contributed by atoms with E-state index in [1.807, 2.05) is 23.1 Å². The molecular weight excluding hydrogens is 471 g/mol. The molecule has 1 unspecified atom stereocenters. The zero-order valence-electron chi connectivity index (χ0n) is 16.7. The Morgan fingerprint density at radius 1 is 1.25 bits per heavy atom. The van der Waals surface area contributed by atoms with Crippen LogP contribution in [0.3, 0.4) is 0 Å². The fourth-order valence-corrected chi connectivity index (χ4v) is 3.42. The Hall–Kier alpha value is -1.71. The Labute approximate surface area is 184 Å².